The molecule has 7 rings (SSSR count). The normalized spacial score (nSPS) is 26.9. The Labute approximate surface area is 230 Å². The Hall–Kier alpha value is -2.09. The maximum atomic E-state index is 13.7. The highest BCUT2D eigenvalue weighted by Gasteiger charge is 2.54. The van der Waals surface area contributed by atoms with E-state index in [2.05, 4.69) is 15.5 Å². The Morgan fingerprint density at radius 2 is 1.73 bits per heavy atom. The number of nitrogens with one attached hydrogen (secondary N) is 1. The minimum absolute atomic E-state index is 0.149. The van der Waals surface area contributed by atoms with Crippen LogP contribution in [0.2, 0.25) is 10.0 Å². The van der Waals surface area contributed by atoms with Gasteiger partial charge in [0.2, 0.25) is 5.91 Å². The Balaban J connectivity index is 1.28. The first-order valence-electron chi connectivity index (χ1n) is 12.9. The zero-order chi connectivity index (χ0) is 25.7. The molecule has 4 aliphatic rings. The third kappa shape index (κ3) is 4.90. The Morgan fingerprint density at radius 3 is 2.35 bits per heavy atom. The third-order valence-corrected chi connectivity index (χ3v) is 9.88. The number of aromatic nitrogens is 3. The summed E-state index contributed by atoms with van der Waals surface area (Å²) in [5.41, 5.74) is 1.42. The van der Waals surface area contributed by atoms with Crippen LogP contribution in [0.4, 0.5) is 4.39 Å². The number of hydrogen-bond acceptors (Lipinski definition) is 4. The first-order chi connectivity index (χ1) is 17.8. The molecule has 3 aromatic rings. The maximum Gasteiger partial charge on any atom is 0.226 e. The molecule has 4 saturated carbocycles. The second kappa shape index (κ2) is 9.90. The summed E-state index contributed by atoms with van der Waals surface area (Å²) in [7, 11) is 0. The van der Waals surface area contributed by atoms with Gasteiger partial charge < -0.3 is 5.32 Å². The Kier molecular flexibility index (Phi) is 6.74. The van der Waals surface area contributed by atoms with Gasteiger partial charge in [-0.25, -0.2) is 4.39 Å². The smallest absolute Gasteiger partial charge is 0.226 e. The van der Waals surface area contributed by atoms with E-state index in [0.29, 0.717) is 50.2 Å². The highest BCUT2D eigenvalue weighted by atomic mass is 35.5. The van der Waals surface area contributed by atoms with Gasteiger partial charge in [0.1, 0.15) is 5.82 Å². The summed E-state index contributed by atoms with van der Waals surface area (Å²) in [5, 5.41) is 13.9. The van der Waals surface area contributed by atoms with Crippen LogP contribution in [-0.2, 0) is 10.5 Å². The van der Waals surface area contributed by atoms with Crippen LogP contribution in [0.25, 0.3) is 5.69 Å². The number of rotatable bonds is 7. The van der Waals surface area contributed by atoms with Crippen molar-refractivity contribution in [1.82, 2.24) is 20.1 Å². The van der Waals surface area contributed by atoms with Crippen LogP contribution in [0.15, 0.2) is 47.6 Å². The van der Waals surface area contributed by atoms with Crippen molar-refractivity contribution in [2.45, 2.75) is 62.4 Å². The molecule has 2 aromatic carbocycles. The molecule has 1 aromatic heterocycles. The highest BCUT2D eigenvalue weighted by molar-refractivity contribution is 7.98. The Bertz CT molecular complexity index is 1290. The van der Waals surface area contributed by atoms with Crippen molar-refractivity contribution in [3.8, 4) is 5.69 Å². The SMILES string of the molecule is CC(NC(=O)C12CC3CC(CC(C3)C1)C2)c1nnc(SCc2ccc(F)cc2)n1-c1ccc(Cl)cc1Cl. The zero-order valence-electron chi connectivity index (χ0n) is 20.6. The molecule has 0 spiro atoms. The number of hydrogen-bond donors (Lipinski definition) is 1. The van der Waals surface area contributed by atoms with Gasteiger partial charge in [0.15, 0.2) is 11.0 Å². The number of thioether (sulfide) groups is 1. The van der Waals surface area contributed by atoms with Gasteiger partial charge in [-0.05, 0) is 99.1 Å². The van der Waals surface area contributed by atoms with E-state index in [1.807, 2.05) is 17.6 Å². The van der Waals surface area contributed by atoms with Gasteiger partial charge in [0.25, 0.3) is 0 Å². The lowest BCUT2D eigenvalue weighted by Crippen LogP contribution is -2.54. The van der Waals surface area contributed by atoms with Gasteiger partial charge in [0.05, 0.1) is 16.8 Å². The summed E-state index contributed by atoms with van der Waals surface area (Å²) in [6.45, 7) is 1.96. The second-order valence-corrected chi connectivity index (χ2v) is 12.9. The second-order valence-electron chi connectivity index (χ2n) is 11.1. The summed E-state index contributed by atoms with van der Waals surface area (Å²) in [5.74, 6) is 3.16. The molecular weight excluding hydrogens is 530 g/mol. The molecule has 1 N–H and O–H groups in total. The molecule has 1 atom stereocenters. The van der Waals surface area contributed by atoms with Crippen molar-refractivity contribution >= 4 is 40.9 Å². The molecule has 4 bridgehead atoms. The van der Waals surface area contributed by atoms with Crippen LogP contribution < -0.4 is 5.32 Å². The fourth-order valence-corrected chi connectivity index (χ4v) is 8.48. The monoisotopic (exact) mass is 558 g/mol. The quantitative estimate of drug-likeness (QED) is 0.307. The number of nitrogens with zero attached hydrogens (tertiary/aromatic N) is 3. The minimum Gasteiger partial charge on any atom is -0.346 e. The zero-order valence-corrected chi connectivity index (χ0v) is 22.9. The maximum absolute atomic E-state index is 13.7. The van der Waals surface area contributed by atoms with E-state index in [0.717, 1.165) is 24.8 Å². The molecule has 1 amide bonds. The first-order valence-corrected chi connectivity index (χ1v) is 14.6. The molecular formula is C28H29Cl2FN4OS. The van der Waals surface area contributed by atoms with Crippen LogP contribution in [0.1, 0.15) is 62.9 Å². The molecule has 4 aliphatic carbocycles. The van der Waals surface area contributed by atoms with Crippen LogP contribution in [0, 0.1) is 29.0 Å². The van der Waals surface area contributed by atoms with Crippen LogP contribution >= 0.6 is 35.0 Å². The highest BCUT2D eigenvalue weighted by Crippen LogP contribution is 2.60. The van der Waals surface area contributed by atoms with Gasteiger partial charge in [-0.2, -0.15) is 0 Å². The first kappa shape index (κ1) is 25.2. The molecule has 9 heteroatoms. The van der Waals surface area contributed by atoms with Crippen molar-refractivity contribution in [3.63, 3.8) is 0 Å². The predicted molar refractivity (Wildman–Crippen MR) is 145 cm³/mol. The summed E-state index contributed by atoms with van der Waals surface area (Å²) in [6.07, 6.45) is 6.89. The van der Waals surface area contributed by atoms with E-state index < -0.39 is 0 Å². The molecule has 0 aliphatic heterocycles. The van der Waals surface area contributed by atoms with Gasteiger partial charge in [-0.15, -0.1) is 10.2 Å². The molecule has 1 unspecified atom stereocenters. The summed E-state index contributed by atoms with van der Waals surface area (Å²) in [6, 6.07) is 11.4. The van der Waals surface area contributed by atoms with Gasteiger partial charge in [0, 0.05) is 16.2 Å². The van der Waals surface area contributed by atoms with Crippen LogP contribution in [-0.4, -0.2) is 20.7 Å². The van der Waals surface area contributed by atoms with E-state index >= 15 is 0 Å². The van der Waals surface area contributed by atoms with Gasteiger partial charge in [-0.3, -0.25) is 9.36 Å². The lowest BCUT2D eigenvalue weighted by atomic mass is 9.49. The predicted octanol–water partition coefficient (Wildman–Crippen LogP) is 7.40. The summed E-state index contributed by atoms with van der Waals surface area (Å²) in [4.78, 5) is 13.7. The van der Waals surface area contributed by atoms with Crippen molar-refractivity contribution in [2.75, 3.05) is 0 Å². The number of halogens is 3. The molecule has 194 valence electrons. The number of amides is 1. The van der Waals surface area contributed by atoms with Crippen molar-refractivity contribution in [2.24, 2.45) is 23.2 Å². The topological polar surface area (TPSA) is 59.8 Å². The molecule has 0 radical (unpaired) electrons. The lowest BCUT2D eigenvalue weighted by molar-refractivity contribution is -0.147. The summed E-state index contributed by atoms with van der Waals surface area (Å²) < 4.78 is 15.3. The molecule has 37 heavy (non-hydrogen) atoms. The number of carbonyl (C=O) groups excluding carboxylic acids is 1. The fraction of sp³-hybridized carbons (Fsp3) is 0.464. The minimum atomic E-state index is -0.361. The van der Waals surface area contributed by atoms with E-state index in [-0.39, 0.29) is 23.2 Å². The van der Waals surface area contributed by atoms with Crippen molar-refractivity contribution in [3.05, 3.63) is 69.7 Å². The fourth-order valence-electron chi connectivity index (χ4n) is 7.08. The van der Waals surface area contributed by atoms with Crippen LogP contribution in [0.3, 0.4) is 0 Å². The van der Waals surface area contributed by atoms with Crippen LogP contribution in [0.5, 0.6) is 0 Å². The van der Waals surface area contributed by atoms with E-state index in [9.17, 15) is 9.18 Å². The summed E-state index contributed by atoms with van der Waals surface area (Å²) >= 11 is 14.3. The third-order valence-electron chi connectivity index (χ3n) is 8.35. The van der Waals surface area contributed by atoms with Crippen molar-refractivity contribution in [1.29, 1.82) is 0 Å². The molecule has 4 fully saturated rings. The standard InChI is InChI=1S/C28H29Cl2FN4OS/c1-16(32-26(36)28-12-18-8-19(13-28)10-20(9-18)14-28)25-33-34-27(37-15-17-2-5-22(31)6-3-17)35(25)24-7-4-21(29)11-23(24)30/h2-7,11,16,18-20H,8-10,12-15H2,1H3,(H,32,36). The van der Waals surface area contributed by atoms with E-state index in [1.54, 1.807) is 24.3 Å². The van der Waals surface area contributed by atoms with Gasteiger partial charge in [-0.1, -0.05) is 47.1 Å². The number of benzene rings is 2. The van der Waals surface area contributed by atoms with E-state index in [1.165, 1.54) is 43.2 Å². The molecule has 1 heterocycles. The average Bonchev–Trinajstić information content (AvgIpc) is 3.26. The van der Waals surface area contributed by atoms with Gasteiger partial charge >= 0.3 is 0 Å². The average molecular weight is 560 g/mol. The molecule has 0 saturated heterocycles. The number of carbonyl (C=O) groups is 1. The lowest BCUT2D eigenvalue weighted by Gasteiger charge is -2.55. The van der Waals surface area contributed by atoms with Crippen molar-refractivity contribution < 1.29 is 9.18 Å². The van der Waals surface area contributed by atoms with E-state index in [4.69, 9.17) is 23.2 Å². The largest absolute Gasteiger partial charge is 0.346 e. The Morgan fingerprint density at radius 1 is 1.08 bits per heavy atom. The molecule has 5 nitrogen and oxygen atoms in total.